The molecule has 1 saturated carbocycles. The predicted molar refractivity (Wildman–Crippen MR) is 137 cm³/mol. The fraction of sp³-hybridized carbons (Fsp3) is 0.333. The van der Waals surface area contributed by atoms with Gasteiger partial charge in [-0.1, -0.05) is 84.9 Å². The van der Waals surface area contributed by atoms with Gasteiger partial charge in [0, 0.05) is 20.8 Å². The number of alkyl halides is 2. The molecule has 0 N–H and O–H groups in total. The molecule has 4 atom stereocenters. The van der Waals surface area contributed by atoms with Crippen LogP contribution in [0.25, 0.3) is 0 Å². The standard InChI is InChI=1S/C24H20Br2Cl2N2O4/c1-12-2-4-13(5-3-12)21(31)11-29(22(32)14-6-7-19(27)20(28)8-14)30-23(33)15-9-17(25)18(26)10-16(15)24(30)34/h2-8,15-18H,9-11H2,1H3/t15-,16-,17-,18+/m1/s1. The summed E-state index contributed by atoms with van der Waals surface area (Å²) < 4.78 is 0. The van der Waals surface area contributed by atoms with Gasteiger partial charge in [0.1, 0.15) is 6.54 Å². The van der Waals surface area contributed by atoms with Gasteiger partial charge in [-0.15, -0.1) is 0 Å². The maximum Gasteiger partial charge on any atom is 0.273 e. The van der Waals surface area contributed by atoms with E-state index in [2.05, 4.69) is 31.9 Å². The van der Waals surface area contributed by atoms with Crippen LogP contribution in [-0.4, -0.2) is 49.7 Å². The molecule has 2 aromatic carbocycles. The molecule has 0 bridgehead atoms. The first-order valence-electron chi connectivity index (χ1n) is 10.6. The predicted octanol–water partition coefficient (Wildman–Crippen LogP) is 5.46. The van der Waals surface area contributed by atoms with Crippen LogP contribution in [0.4, 0.5) is 0 Å². The van der Waals surface area contributed by atoms with Crippen LogP contribution in [0.5, 0.6) is 0 Å². The Hall–Kier alpha value is -1.74. The lowest BCUT2D eigenvalue weighted by molar-refractivity contribution is -0.154. The van der Waals surface area contributed by atoms with E-state index in [-0.39, 0.29) is 25.3 Å². The van der Waals surface area contributed by atoms with Gasteiger partial charge in [-0.2, -0.15) is 5.01 Å². The van der Waals surface area contributed by atoms with Gasteiger partial charge in [-0.3, -0.25) is 19.2 Å². The molecule has 2 aliphatic rings. The van der Waals surface area contributed by atoms with Gasteiger partial charge in [0.15, 0.2) is 5.78 Å². The summed E-state index contributed by atoms with van der Waals surface area (Å²) in [7, 11) is 0. The van der Waals surface area contributed by atoms with Crippen molar-refractivity contribution in [3.05, 3.63) is 69.2 Å². The minimum absolute atomic E-state index is 0.0128. The first-order valence-corrected chi connectivity index (χ1v) is 13.2. The van der Waals surface area contributed by atoms with Gasteiger partial charge in [0.25, 0.3) is 17.7 Å². The van der Waals surface area contributed by atoms with E-state index < -0.39 is 41.9 Å². The lowest BCUT2D eigenvalue weighted by Gasteiger charge is -2.30. The number of amides is 3. The summed E-state index contributed by atoms with van der Waals surface area (Å²) in [6.07, 6.45) is 0.894. The largest absolute Gasteiger partial charge is 0.292 e. The number of carbonyl (C=O) groups excluding carboxylic acids is 4. The number of Topliss-reactive ketones (excluding diaryl/α,β-unsaturated/α-hetero) is 1. The van der Waals surface area contributed by atoms with E-state index >= 15 is 0 Å². The SMILES string of the molecule is Cc1ccc(C(=O)CN(C(=O)c2ccc(Cl)c(Cl)c2)N2C(=O)[C@@H]3C[C@@H](Br)[C@@H](Br)C[C@H]3C2=O)cc1. The molecule has 2 fully saturated rings. The second kappa shape index (κ2) is 10.1. The van der Waals surface area contributed by atoms with Crippen LogP contribution < -0.4 is 0 Å². The molecule has 34 heavy (non-hydrogen) atoms. The molecule has 1 aliphatic carbocycles. The molecular weight excluding hydrogens is 611 g/mol. The minimum atomic E-state index is -0.690. The summed E-state index contributed by atoms with van der Waals surface area (Å²) in [5, 5.41) is 2.20. The molecule has 1 aliphatic heterocycles. The molecule has 0 spiro atoms. The number of hydrogen-bond donors (Lipinski definition) is 0. The van der Waals surface area contributed by atoms with Crippen LogP contribution in [0, 0.1) is 18.8 Å². The number of halogens is 4. The van der Waals surface area contributed by atoms with Crippen molar-refractivity contribution in [2.24, 2.45) is 11.8 Å². The quantitative estimate of drug-likeness (QED) is 0.250. The topological polar surface area (TPSA) is 74.8 Å². The summed E-state index contributed by atoms with van der Waals surface area (Å²) in [6, 6.07) is 11.1. The Morgan fingerprint density at radius 1 is 0.912 bits per heavy atom. The van der Waals surface area contributed by atoms with Crippen molar-refractivity contribution in [1.82, 2.24) is 10.0 Å². The Morgan fingerprint density at radius 3 is 1.97 bits per heavy atom. The van der Waals surface area contributed by atoms with E-state index in [9.17, 15) is 19.2 Å². The maximum atomic E-state index is 13.5. The van der Waals surface area contributed by atoms with Crippen molar-refractivity contribution in [2.75, 3.05) is 6.54 Å². The summed E-state index contributed by atoms with van der Waals surface area (Å²) in [4.78, 5) is 53.4. The van der Waals surface area contributed by atoms with Gasteiger partial charge in [0.05, 0.1) is 21.9 Å². The average molecular weight is 631 g/mol. The number of ketones is 1. The zero-order valence-electron chi connectivity index (χ0n) is 18.0. The Kier molecular flexibility index (Phi) is 7.53. The molecule has 0 unspecified atom stereocenters. The fourth-order valence-electron chi connectivity index (χ4n) is 4.29. The number of fused-ring (bicyclic) bond motifs is 1. The smallest absolute Gasteiger partial charge is 0.273 e. The third-order valence-electron chi connectivity index (χ3n) is 6.20. The van der Waals surface area contributed by atoms with Gasteiger partial charge in [-0.25, -0.2) is 5.01 Å². The highest BCUT2D eigenvalue weighted by molar-refractivity contribution is 9.12. The van der Waals surface area contributed by atoms with Crippen LogP contribution >= 0.6 is 55.1 Å². The highest BCUT2D eigenvalue weighted by atomic mass is 79.9. The second-order valence-corrected chi connectivity index (χ2v) is 11.7. The van der Waals surface area contributed by atoms with Gasteiger partial charge < -0.3 is 0 Å². The third-order valence-corrected chi connectivity index (χ3v) is 9.67. The molecule has 0 radical (unpaired) electrons. The molecule has 0 aromatic heterocycles. The third kappa shape index (κ3) is 4.83. The van der Waals surface area contributed by atoms with Crippen LogP contribution in [0.2, 0.25) is 10.0 Å². The summed E-state index contributed by atoms with van der Waals surface area (Å²) in [5.41, 5.74) is 1.45. The zero-order chi connectivity index (χ0) is 24.7. The summed E-state index contributed by atoms with van der Waals surface area (Å²) >= 11 is 19.2. The second-order valence-electron chi connectivity index (χ2n) is 8.49. The van der Waals surface area contributed by atoms with Crippen molar-refractivity contribution in [1.29, 1.82) is 0 Å². The number of benzene rings is 2. The highest BCUT2D eigenvalue weighted by Gasteiger charge is 2.54. The molecular formula is C24H20Br2Cl2N2O4. The van der Waals surface area contributed by atoms with E-state index in [1.54, 1.807) is 24.3 Å². The van der Waals surface area contributed by atoms with E-state index in [4.69, 9.17) is 23.2 Å². The molecule has 10 heteroatoms. The first kappa shape index (κ1) is 25.4. The van der Waals surface area contributed by atoms with E-state index in [1.807, 2.05) is 6.92 Å². The number of rotatable bonds is 5. The number of nitrogens with zero attached hydrogens (tertiary/aromatic N) is 2. The Morgan fingerprint density at radius 2 is 1.44 bits per heavy atom. The van der Waals surface area contributed by atoms with Crippen LogP contribution in [0.15, 0.2) is 42.5 Å². The molecule has 2 aromatic rings. The van der Waals surface area contributed by atoms with Crippen LogP contribution in [0.1, 0.15) is 39.1 Å². The summed E-state index contributed by atoms with van der Waals surface area (Å²) in [6.45, 7) is 1.42. The number of imide groups is 1. The van der Waals surface area contributed by atoms with Gasteiger partial charge in [-0.05, 0) is 38.0 Å². The van der Waals surface area contributed by atoms with E-state index in [0.29, 0.717) is 18.4 Å². The monoisotopic (exact) mass is 628 g/mol. The lowest BCUT2D eigenvalue weighted by Crippen LogP contribution is -2.52. The molecule has 1 saturated heterocycles. The number of hydrogen-bond acceptors (Lipinski definition) is 4. The van der Waals surface area contributed by atoms with Gasteiger partial charge >= 0.3 is 0 Å². The van der Waals surface area contributed by atoms with Crippen molar-refractivity contribution in [2.45, 2.75) is 29.4 Å². The molecule has 1 heterocycles. The van der Waals surface area contributed by atoms with Crippen molar-refractivity contribution >= 4 is 78.6 Å². The number of aryl methyl sites for hydroxylation is 1. The zero-order valence-corrected chi connectivity index (χ0v) is 22.7. The van der Waals surface area contributed by atoms with Crippen molar-refractivity contribution < 1.29 is 19.2 Å². The van der Waals surface area contributed by atoms with Crippen molar-refractivity contribution in [3.8, 4) is 0 Å². The summed E-state index contributed by atoms with van der Waals surface area (Å²) in [5.74, 6) is -3.19. The normalized spacial score (nSPS) is 24.2. The van der Waals surface area contributed by atoms with E-state index in [0.717, 1.165) is 15.6 Å². The van der Waals surface area contributed by atoms with Crippen LogP contribution in [0.3, 0.4) is 0 Å². The van der Waals surface area contributed by atoms with Gasteiger partial charge in [0.2, 0.25) is 0 Å². The Balaban J connectivity index is 1.71. The molecule has 178 valence electrons. The highest BCUT2D eigenvalue weighted by Crippen LogP contribution is 2.43. The number of hydrazine groups is 1. The number of carbonyl (C=O) groups is 4. The minimum Gasteiger partial charge on any atom is -0.292 e. The fourth-order valence-corrected chi connectivity index (χ4v) is 5.83. The Labute approximate surface area is 223 Å². The van der Waals surface area contributed by atoms with Crippen LogP contribution in [-0.2, 0) is 9.59 Å². The molecule has 6 nitrogen and oxygen atoms in total. The Bertz CT molecular complexity index is 1150. The van der Waals surface area contributed by atoms with E-state index in [1.165, 1.54) is 18.2 Å². The molecule has 4 rings (SSSR count). The van der Waals surface area contributed by atoms with Crippen molar-refractivity contribution in [3.63, 3.8) is 0 Å². The first-order chi connectivity index (χ1) is 16.1. The molecule has 3 amide bonds. The lowest BCUT2D eigenvalue weighted by atomic mass is 9.81. The maximum absolute atomic E-state index is 13.5. The average Bonchev–Trinajstić information content (AvgIpc) is 3.03.